The number of carbonyl (C=O) groups is 3. The van der Waals surface area contributed by atoms with Gasteiger partial charge in [-0.05, 0) is 6.92 Å². The fourth-order valence-corrected chi connectivity index (χ4v) is 0.928. The summed E-state index contributed by atoms with van der Waals surface area (Å²) in [5.41, 5.74) is -2.51. The molecule has 0 aliphatic carbocycles. The van der Waals surface area contributed by atoms with Gasteiger partial charge >= 0.3 is 11.9 Å². The Morgan fingerprint density at radius 3 is 2.27 bits per heavy atom. The highest BCUT2D eigenvalue weighted by atomic mass is 16.6. The van der Waals surface area contributed by atoms with Crippen molar-refractivity contribution in [2.45, 2.75) is 26.0 Å². The summed E-state index contributed by atoms with van der Waals surface area (Å²) in [4.78, 5) is 32.2. The van der Waals surface area contributed by atoms with Crippen LogP contribution in [0.2, 0.25) is 0 Å². The number of nitrogens with one attached hydrogen (secondary N) is 1. The predicted octanol–water partition coefficient (Wildman–Crippen LogP) is -1.15. The molecule has 0 bridgehead atoms. The van der Waals surface area contributed by atoms with Gasteiger partial charge in [-0.2, -0.15) is 0 Å². The van der Waals surface area contributed by atoms with Crippen LogP contribution in [0.4, 0.5) is 0 Å². The largest absolute Gasteiger partial charge is 0.481 e. The van der Waals surface area contributed by atoms with E-state index >= 15 is 0 Å². The molecule has 7 heteroatoms. The second kappa shape index (κ2) is 5.30. The molecule has 7 nitrogen and oxygen atoms in total. The Morgan fingerprint density at radius 1 is 1.40 bits per heavy atom. The van der Waals surface area contributed by atoms with Crippen LogP contribution in [0.25, 0.3) is 0 Å². The lowest BCUT2D eigenvalue weighted by Crippen LogP contribution is -2.56. The summed E-state index contributed by atoms with van der Waals surface area (Å²) in [6.45, 7) is 2.51. The number of hydrogen-bond acceptors (Lipinski definition) is 5. The summed E-state index contributed by atoms with van der Waals surface area (Å²) < 4.78 is 4.44. The molecule has 15 heavy (non-hydrogen) atoms. The number of aliphatic carboxylic acids is 1. The molecule has 3 N–H and O–H groups in total. The number of ether oxygens (including phenoxy) is 1. The molecule has 0 spiro atoms. The van der Waals surface area contributed by atoms with Crippen molar-refractivity contribution in [1.29, 1.82) is 0 Å². The Bertz CT molecular complexity index is 258. The van der Waals surface area contributed by atoms with Crippen molar-refractivity contribution in [3.8, 4) is 0 Å². The van der Waals surface area contributed by atoms with Gasteiger partial charge in [-0.3, -0.25) is 9.59 Å². The first-order valence-corrected chi connectivity index (χ1v) is 4.22. The lowest BCUT2D eigenvalue weighted by Gasteiger charge is -2.24. The SMILES string of the molecule is CCOC(=O)C(O)(CC(=O)O)NC(C)=O. The Hall–Kier alpha value is -1.63. The molecule has 0 saturated carbocycles. The van der Waals surface area contributed by atoms with Gasteiger partial charge < -0.3 is 20.3 Å². The molecule has 0 rings (SSSR count). The number of carbonyl (C=O) groups excluding carboxylic acids is 2. The zero-order chi connectivity index (χ0) is 12.1. The van der Waals surface area contributed by atoms with Gasteiger partial charge in [-0.1, -0.05) is 0 Å². The molecule has 0 aliphatic heterocycles. The van der Waals surface area contributed by atoms with Gasteiger partial charge in [0.1, 0.15) is 6.42 Å². The molecule has 0 saturated heterocycles. The Balaban J connectivity index is 4.74. The van der Waals surface area contributed by atoms with Crippen molar-refractivity contribution in [3.05, 3.63) is 0 Å². The van der Waals surface area contributed by atoms with E-state index < -0.39 is 30.0 Å². The monoisotopic (exact) mass is 219 g/mol. The number of esters is 1. The third-order valence-corrected chi connectivity index (χ3v) is 1.40. The average molecular weight is 219 g/mol. The highest BCUT2D eigenvalue weighted by molar-refractivity contribution is 5.89. The van der Waals surface area contributed by atoms with Gasteiger partial charge in [0.05, 0.1) is 6.61 Å². The first kappa shape index (κ1) is 13.4. The molecule has 0 fully saturated rings. The van der Waals surface area contributed by atoms with Crippen molar-refractivity contribution in [2.24, 2.45) is 0 Å². The number of carboxylic acid groups (broad SMARTS) is 1. The smallest absolute Gasteiger partial charge is 0.360 e. The third-order valence-electron chi connectivity index (χ3n) is 1.40. The molecule has 0 aliphatic rings. The van der Waals surface area contributed by atoms with Crippen molar-refractivity contribution in [3.63, 3.8) is 0 Å². The van der Waals surface area contributed by atoms with Crippen LogP contribution in [0, 0.1) is 0 Å². The van der Waals surface area contributed by atoms with Crippen molar-refractivity contribution in [1.82, 2.24) is 5.32 Å². The molecule has 1 atom stereocenters. The molecule has 1 amide bonds. The second-order valence-electron chi connectivity index (χ2n) is 2.83. The number of amides is 1. The molecule has 0 aromatic carbocycles. The van der Waals surface area contributed by atoms with E-state index in [0.29, 0.717) is 0 Å². The topological polar surface area (TPSA) is 113 Å². The van der Waals surface area contributed by atoms with E-state index in [1.165, 1.54) is 6.92 Å². The zero-order valence-electron chi connectivity index (χ0n) is 8.44. The molecular formula is C8H13NO6. The normalized spacial score (nSPS) is 13.8. The minimum Gasteiger partial charge on any atom is -0.481 e. The quantitative estimate of drug-likeness (QED) is 0.397. The van der Waals surface area contributed by atoms with Crippen LogP contribution in [0.3, 0.4) is 0 Å². The summed E-state index contributed by atoms with van der Waals surface area (Å²) in [5, 5.41) is 19.9. The van der Waals surface area contributed by atoms with Crippen LogP contribution in [-0.4, -0.2) is 40.4 Å². The zero-order valence-corrected chi connectivity index (χ0v) is 8.44. The van der Waals surface area contributed by atoms with Gasteiger partial charge in [-0.25, -0.2) is 4.79 Å². The maximum atomic E-state index is 11.2. The minimum absolute atomic E-state index is 0.0274. The van der Waals surface area contributed by atoms with Crippen LogP contribution in [-0.2, 0) is 19.1 Å². The fourth-order valence-electron chi connectivity index (χ4n) is 0.928. The van der Waals surface area contributed by atoms with E-state index in [4.69, 9.17) is 5.11 Å². The Kier molecular flexibility index (Phi) is 4.72. The van der Waals surface area contributed by atoms with Crippen LogP contribution in [0.1, 0.15) is 20.3 Å². The van der Waals surface area contributed by atoms with Gasteiger partial charge in [0.2, 0.25) is 11.6 Å². The lowest BCUT2D eigenvalue weighted by atomic mass is 10.1. The number of hydrogen-bond donors (Lipinski definition) is 3. The summed E-state index contributed by atoms with van der Waals surface area (Å²) in [6.07, 6.45) is -0.953. The summed E-state index contributed by atoms with van der Waals surface area (Å²) in [5.74, 6) is -3.35. The Morgan fingerprint density at radius 2 is 1.93 bits per heavy atom. The van der Waals surface area contributed by atoms with Crippen molar-refractivity contribution in [2.75, 3.05) is 6.61 Å². The number of rotatable bonds is 5. The van der Waals surface area contributed by atoms with E-state index in [1.54, 1.807) is 0 Å². The molecule has 86 valence electrons. The lowest BCUT2D eigenvalue weighted by molar-refractivity contribution is -0.176. The fraction of sp³-hybridized carbons (Fsp3) is 0.625. The third kappa shape index (κ3) is 4.41. The highest BCUT2D eigenvalue weighted by Gasteiger charge is 2.41. The Labute approximate surface area is 86.0 Å². The van der Waals surface area contributed by atoms with Gasteiger partial charge in [0.15, 0.2) is 0 Å². The van der Waals surface area contributed by atoms with Crippen LogP contribution >= 0.6 is 0 Å². The van der Waals surface area contributed by atoms with E-state index in [9.17, 15) is 19.5 Å². The molecule has 0 aromatic heterocycles. The summed E-state index contributed by atoms with van der Waals surface area (Å²) >= 11 is 0. The highest BCUT2D eigenvalue weighted by Crippen LogP contribution is 2.09. The average Bonchev–Trinajstić information content (AvgIpc) is 2.01. The van der Waals surface area contributed by atoms with Crippen LogP contribution in [0.15, 0.2) is 0 Å². The van der Waals surface area contributed by atoms with E-state index in [2.05, 4.69) is 4.74 Å². The molecule has 0 heterocycles. The number of aliphatic hydroxyl groups is 1. The standard InChI is InChI=1S/C8H13NO6/c1-3-15-7(13)8(14,4-6(11)12)9-5(2)10/h14H,3-4H2,1-2H3,(H,9,10)(H,11,12). The van der Waals surface area contributed by atoms with E-state index in [1.807, 2.05) is 5.32 Å². The van der Waals surface area contributed by atoms with Crippen LogP contribution < -0.4 is 5.32 Å². The molecular weight excluding hydrogens is 206 g/mol. The minimum atomic E-state index is -2.51. The van der Waals surface area contributed by atoms with E-state index in [0.717, 1.165) is 6.92 Å². The van der Waals surface area contributed by atoms with Crippen molar-refractivity contribution < 1.29 is 29.3 Å². The molecule has 0 radical (unpaired) electrons. The first-order chi connectivity index (χ1) is 6.81. The maximum absolute atomic E-state index is 11.2. The van der Waals surface area contributed by atoms with Gasteiger partial charge in [-0.15, -0.1) is 0 Å². The van der Waals surface area contributed by atoms with Crippen LogP contribution in [0.5, 0.6) is 0 Å². The first-order valence-electron chi connectivity index (χ1n) is 4.22. The summed E-state index contributed by atoms with van der Waals surface area (Å²) in [6, 6.07) is 0. The second-order valence-corrected chi connectivity index (χ2v) is 2.83. The number of carboxylic acids is 1. The van der Waals surface area contributed by atoms with Gasteiger partial charge in [0, 0.05) is 6.92 Å². The van der Waals surface area contributed by atoms with Crippen molar-refractivity contribution >= 4 is 17.8 Å². The van der Waals surface area contributed by atoms with Gasteiger partial charge in [0.25, 0.3) is 0 Å². The predicted molar refractivity (Wildman–Crippen MR) is 47.7 cm³/mol. The maximum Gasteiger partial charge on any atom is 0.360 e. The molecule has 1 unspecified atom stereocenters. The molecule has 0 aromatic rings. The summed E-state index contributed by atoms with van der Waals surface area (Å²) in [7, 11) is 0. The van der Waals surface area contributed by atoms with E-state index in [-0.39, 0.29) is 6.61 Å².